The summed E-state index contributed by atoms with van der Waals surface area (Å²) in [6.45, 7) is 0.852. The number of ketones is 1. The molecule has 4 aromatic carbocycles. The lowest BCUT2D eigenvalue weighted by molar-refractivity contribution is 0.104. The molecule has 4 aromatic rings. The van der Waals surface area contributed by atoms with Crippen LogP contribution in [0.2, 0.25) is 0 Å². The molecule has 0 amide bonds. The van der Waals surface area contributed by atoms with Crippen molar-refractivity contribution in [1.29, 1.82) is 0 Å². The fourth-order valence-electron chi connectivity index (χ4n) is 3.38. The molecule has 0 radical (unpaired) electrons. The number of allylic oxidation sites excluding steroid dienone is 1. The average Bonchev–Trinajstić information content (AvgIpc) is 2.91. The van der Waals surface area contributed by atoms with Crippen LogP contribution in [0.1, 0.15) is 27.0 Å². The fraction of sp³-hybridized carbons (Fsp3) is 0.100. The minimum Gasteiger partial charge on any atom is -0.497 e. The van der Waals surface area contributed by atoms with Gasteiger partial charge in [0.1, 0.15) is 19.0 Å². The normalized spacial score (nSPS) is 10.7. The predicted octanol–water partition coefficient (Wildman–Crippen LogP) is 6.75. The van der Waals surface area contributed by atoms with Crippen molar-refractivity contribution < 1.29 is 19.0 Å². The quantitative estimate of drug-likeness (QED) is 0.198. The second-order valence-corrected chi connectivity index (χ2v) is 7.68. The van der Waals surface area contributed by atoms with E-state index in [1.807, 2.05) is 84.9 Å². The number of hydrogen-bond donors (Lipinski definition) is 0. The lowest BCUT2D eigenvalue weighted by Crippen LogP contribution is -2.01. The van der Waals surface area contributed by atoms with Crippen molar-refractivity contribution in [2.24, 2.45) is 0 Å². The summed E-state index contributed by atoms with van der Waals surface area (Å²) < 4.78 is 17.4. The second kappa shape index (κ2) is 11.5. The first-order valence-corrected chi connectivity index (χ1v) is 11.1. The van der Waals surface area contributed by atoms with Gasteiger partial charge in [0.15, 0.2) is 17.3 Å². The third-order valence-corrected chi connectivity index (χ3v) is 5.22. The lowest BCUT2D eigenvalue weighted by atomic mass is 10.1. The molecule has 0 aliphatic rings. The maximum atomic E-state index is 12.6. The second-order valence-electron chi connectivity index (χ2n) is 7.68. The van der Waals surface area contributed by atoms with Crippen LogP contribution in [0.4, 0.5) is 0 Å². The lowest BCUT2D eigenvalue weighted by Gasteiger charge is -2.14. The van der Waals surface area contributed by atoms with Gasteiger partial charge in [-0.1, -0.05) is 84.9 Å². The van der Waals surface area contributed by atoms with Gasteiger partial charge in [0, 0.05) is 5.56 Å². The summed E-state index contributed by atoms with van der Waals surface area (Å²) in [7, 11) is 1.58. The number of carbonyl (C=O) groups is 1. The van der Waals surface area contributed by atoms with E-state index in [1.54, 1.807) is 37.5 Å². The van der Waals surface area contributed by atoms with Gasteiger partial charge in [-0.05, 0) is 47.0 Å². The van der Waals surface area contributed by atoms with Crippen molar-refractivity contribution in [2.45, 2.75) is 13.2 Å². The van der Waals surface area contributed by atoms with E-state index in [0.29, 0.717) is 36.0 Å². The van der Waals surface area contributed by atoms with Crippen LogP contribution in [0.15, 0.2) is 109 Å². The summed E-state index contributed by atoms with van der Waals surface area (Å²) in [5.41, 5.74) is 3.54. The molecule has 0 spiro atoms. The van der Waals surface area contributed by atoms with Crippen LogP contribution in [0.25, 0.3) is 6.08 Å². The van der Waals surface area contributed by atoms with Crippen molar-refractivity contribution >= 4 is 11.9 Å². The molecular formula is C30H26O4. The number of methoxy groups -OCH3 is 1. The molecular weight excluding hydrogens is 424 g/mol. The Balaban J connectivity index is 1.52. The highest BCUT2D eigenvalue weighted by Gasteiger charge is 2.09. The van der Waals surface area contributed by atoms with Gasteiger partial charge in [0.2, 0.25) is 0 Å². The molecule has 4 heteroatoms. The van der Waals surface area contributed by atoms with Crippen LogP contribution >= 0.6 is 0 Å². The van der Waals surface area contributed by atoms with Crippen molar-refractivity contribution in [1.82, 2.24) is 0 Å². The van der Waals surface area contributed by atoms with Gasteiger partial charge in [-0.2, -0.15) is 0 Å². The Morgan fingerprint density at radius 2 is 1.35 bits per heavy atom. The van der Waals surface area contributed by atoms with Gasteiger partial charge >= 0.3 is 0 Å². The van der Waals surface area contributed by atoms with Gasteiger partial charge in [0.05, 0.1) is 7.11 Å². The van der Waals surface area contributed by atoms with Gasteiger partial charge in [-0.15, -0.1) is 0 Å². The summed E-state index contributed by atoms with van der Waals surface area (Å²) >= 11 is 0. The Morgan fingerprint density at radius 3 is 2.00 bits per heavy atom. The van der Waals surface area contributed by atoms with Gasteiger partial charge in [-0.25, -0.2) is 0 Å². The standard InChI is InChI=1S/C30H26O4/c1-32-27-14-8-13-26(20-27)28(31)17-15-23-16-18-29(33-21-24-9-4-2-5-10-24)30(19-23)34-22-25-11-6-3-7-12-25/h2-20H,21-22H2,1H3. The van der Waals surface area contributed by atoms with Crippen molar-refractivity contribution in [2.75, 3.05) is 7.11 Å². The molecule has 34 heavy (non-hydrogen) atoms. The Kier molecular flexibility index (Phi) is 7.75. The molecule has 170 valence electrons. The Morgan fingerprint density at radius 1 is 0.706 bits per heavy atom. The highest BCUT2D eigenvalue weighted by molar-refractivity contribution is 6.07. The van der Waals surface area contributed by atoms with Gasteiger partial charge in [0.25, 0.3) is 0 Å². The number of ether oxygens (including phenoxy) is 3. The van der Waals surface area contributed by atoms with Crippen LogP contribution in [-0.2, 0) is 13.2 Å². The van der Waals surface area contributed by atoms with Crippen LogP contribution in [-0.4, -0.2) is 12.9 Å². The number of benzene rings is 4. The molecule has 0 fully saturated rings. The molecule has 0 aromatic heterocycles. The Hall–Kier alpha value is -4.31. The maximum Gasteiger partial charge on any atom is 0.185 e. The first-order chi connectivity index (χ1) is 16.7. The largest absolute Gasteiger partial charge is 0.497 e. The molecule has 0 aliphatic carbocycles. The zero-order valence-corrected chi connectivity index (χ0v) is 19.0. The maximum absolute atomic E-state index is 12.6. The minimum atomic E-state index is -0.102. The Bertz CT molecular complexity index is 1250. The van der Waals surface area contributed by atoms with Crippen molar-refractivity contribution in [3.05, 3.63) is 131 Å². The SMILES string of the molecule is COc1cccc(C(=O)C=Cc2ccc(OCc3ccccc3)c(OCc3ccccc3)c2)c1. The van der Waals surface area contributed by atoms with E-state index in [9.17, 15) is 4.79 Å². The van der Waals surface area contributed by atoms with E-state index in [-0.39, 0.29) is 5.78 Å². The summed E-state index contributed by atoms with van der Waals surface area (Å²) in [5, 5.41) is 0. The molecule has 4 nitrogen and oxygen atoms in total. The monoisotopic (exact) mass is 450 g/mol. The van der Waals surface area contributed by atoms with E-state index in [2.05, 4.69) is 0 Å². The van der Waals surface area contributed by atoms with Crippen molar-refractivity contribution in [3.63, 3.8) is 0 Å². The zero-order valence-electron chi connectivity index (χ0n) is 19.0. The summed E-state index contributed by atoms with van der Waals surface area (Å²) in [6.07, 6.45) is 3.33. The van der Waals surface area contributed by atoms with Gasteiger partial charge in [-0.3, -0.25) is 4.79 Å². The van der Waals surface area contributed by atoms with Crippen LogP contribution in [0.5, 0.6) is 17.2 Å². The fourth-order valence-corrected chi connectivity index (χ4v) is 3.38. The van der Waals surface area contributed by atoms with E-state index < -0.39 is 0 Å². The topological polar surface area (TPSA) is 44.8 Å². The molecule has 0 saturated heterocycles. The van der Waals surface area contributed by atoms with Crippen LogP contribution in [0.3, 0.4) is 0 Å². The van der Waals surface area contributed by atoms with Gasteiger partial charge < -0.3 is 14.2 Å². The van der Waals surface area contributed by atoms with Crippen molar-refractivity contribution in [3.8, 4) is 17.2 Å². The van der Waals surface area contributed by atoms with E-state index in [1.165, 1.54) is 0 Å². The number of carbonyl (C=O) groups excluding carboxylic acids is 1. The predicted molar refractivity (Wildman–Crippen MR) is 134 cm³/mol. The third kappa shape index (κ3) is 6.36. The van der Waals surface area contributed by atoms with E-state index in [4.69, 9.17) is 14.2 Å². The summed E-state index contributed by atoms with van der Waals surface area (Å²) in [5.74, 6) is 1.82. The molecule has 0 heterocycles. The molecule has 0 atom stereocenters. The summed E-state index contributed by atoms with van der Waals surface area (Å²) in [6, 6.07) is 32.7. The number of rotatable bonds is 10. The van der Waals surface area contributed by atoms with Crippen LogP contribution in [0, 0.1) is 0 Å². The highest BCUT2D eigenvalue weighted by atomic mass is 16.5. The Labute approximate surface area is 200 Å². The average molecular weight is 451 g/mol. The summed E-state index contributed by atoms with van der Waals surface area (Å²) in [4.78, 5) is 12.6. The zero-order chi connectivity index (χ0) is 23.6. The third-order valence-electron chi connectivity index (χ3n) is 5.22. The molecule has 0 bridgehead atoms. The molecule has 0 aliphatic heterocycles. The number of hydrogen-bond acceptors (Lipinski definition) is 4. The molecule has 0 saturated carbocycles. The molecule has 0 unspecified atom stereocenters. The smallest absolute Gasteiger partial charge is 0.185 e. The molecule has 0 N–H and O–H groups in total. The first kappa shape index (κ1) is 22.9. The first-order valence-electron chi connectivity index (χ1n) is 11.1. The highest BCUT2D eigenvalue weighted by Crippen LogP contribution is 2.30. The van der Waals surface area contributed by atoms with E-state index >= 15 is 0 Å². The minimum absolute atomic E-state index is 0.102. The molecule has 4 rings (SSSR count). The van der Waals surface area contributed by atoms with E-state index in [0.717, 1.165) is 16.7 Å². The van der Waals surface area contributed by atoms with Crippen LogP contribution < -0.4 is 14.2 Å².